The first-order chi connectivity index (χ1) is 12.6. The number of carboxylic acid groups (broad SMARTS) is 1. The number of benzene rings is 2. The van der Waals surface area contributed by atoms with E-state index in [1.807, 2.05) is 0 Å². The van der Waals surface area contributed by atoms with Gasteiger partial charge in [0.2, 0.25) is 15.9 Å². The Morgan fingerprint density at radius 2 is 1.81 bits per heavy atom. The SMILES string of the molecule is NS(=O)(=O)c1ccc(-c2nc(CC(=O)O)oc2-c2ccc(Cl)c(F)c2)cc1. The summed E-state index contributed by atoms with van der Waals surface area (Å²) in [4.78, 5) is 15.0. The third-order valence-electron chi connectivity index (χ3n) is 3.61. The Morgan fingerprint density at radius 3 is 2.37 bits per heavy atom. The molecule has 10 heteroatoms. The number of hydrogen-bond acceptors (Lipinski definition) is 5. The Bertz CT molecular complexity index is 1130. The zero-order valence-corrected chi connectivity index (χ0v) is 15.1. The molecule has 140 valence electrons. The highest BCUT2D eigenvalue weighted by molar-refractivity contribution is 7.89. The number of halogens is 2. The van der Waals surface area contributed by atoms with Gasteiger partial charge in [-0.25, -0.2) is 22.9 Å². The van der Waals surface area contributed by atoms with Gasteiger partial charge in [-0.1, -0.05) is 23.7 Å². The van der Waals surface area contributed by atoms with E-state index in [-0.39, 0.29) is 27.3 Å². The number of hydrogen-bond donors (Lipinski definition) is 2. The monoisotopic (exact) mass is 410 g/mol. The fraction of sp³-hybridized carbons (Fsp3) is 0.0588. The van der Waals surface area contributed by atoms with Crippen molar-refractivity contribution in [1.29, 1.82) is 0 Å². The number of oxazole rings is 1. The number of nitrogens with two attached hydrogens (primary N) is 1. The van der Waals surface area contributed by atoms with E-state index in [1.165, 1.54) is 36.4 Å². The maximum atomic E-state index is 13.8. The highest BCUT2D eigenvalue weighted by Crippen LogP contribution is 2.34. The van der Waals surface area contributed by atoms with Gasteiger partial charge in [-0.3, -0.25) is 4.79 Å². The summed E-state index contributed by atoms with van der Waals surface area (Å²) in [6.07, 6.45) is -0.474. The van der Waals surface area contributed by atoms with E-state index in [0.29, 0.717) is 11.1 Å². The molecule has 3 N–H and O–H groups in total. The Morgan fingerprint density at radius 1 is 1.19 bits per heavy atom. The molecule has 0 saturated carbocycles. The van der Waals surface area contributed by atoms with Gasteiger partial charge in [-0.05, 0) is 30.3 Å². The minimum absolute atomic E-state index is 0.0805. The summed E-state index contributed by atoms with van der Waals surface area (Å²) >= 11 is 5.69. The lowest BCUT2D eigenvalue weighted by Crippen LogP contribution is -2.11. The molecule has 7 nitrogen and oxygen atoms in total. The average Bonchev–Trinajstić information content (AvgIpc) is 2.99. The van der Waals surface area contributed by atoms with Crippen molar-refractivity contribution in [3.63, 3.8) is 0 Å². The maximum Gasteiger partial charge on any atom is 0.312 e. The van der Waals surface area contributed by atoms with Crippen LogP contribution in [0.4, 0.5) is 4.39 Å². The van der Waals surface area contributed by atoms with Crippen molar-refractivity contribution in [2.45, 2.75) is 11.3 Å². The highest BCUT2D eigenvalue weighted by atomic mass is 35.5. The number of sulfonamides is 1. The van der Waals surface area contributed by atoms with Crippen LogP contribution in [0.15, 0.2) is 51.8 Å². The van der Waals surface area contributed by atoms with E-state index in [2.05, 4.69) is 4.98 Å². The molecule has 0 aliphatic carbocycles. The van der Waals surface area contributed by atoms with Crippen LogP contribution in [-0.2, 0) is 21.2 Å². The molecule has 0 bridgehead atoms. The van der Waals surface area contributed by atoms with Gasteiger partial charge >= 0.3 is 5.97 Å². The molecule has 0 unspecified atom stereocenters. The zero-order valence-electron chi connectivity index (χ0n) is 13.5. The first-order valence-corrected chi connectivity index (χ1v) is 9.38. The molecule has 0 aliphatic rings. The van der Waals surface area contributed by atoms with Crippen LogP contribution in [0.2, 0.25) is 5.02 Å². The summed E-state index contributed by atoms with van der Waals surface area (Å²) in [7, 11) is -3.87. The maximum absolute atomic E-state index is 13.8. The fourth-order valence-electron chi connectivity index (χ4n) is 2.40. The van der Waals surface area contributed by atoms with Gasteiger partial charge in [-0.15, -0.1) is 0 Å². The topological polar surface area (TPSA) is 123 Å². The van der Waals surface area contributed by atoms with Gasteiger partial charge < -0.3 is 9.52 Å². The molecule has 0 radical (unpaired) electrons. The summed E-state index contributed by atoms with van der Waals surface area (Å²) in [6.45, 7) is 0. The molecule has 0 saturated heterocycles. The number of nitrogens with zero attached hydrogens (tertiary/aromatic N) is 1. The van der Waals surface area contributed by atoms with Crippen molar-refractivity contribution in [2.24, 2.45) is 5.14 Å². The summed E-state index contributed by atoms with van der Waals surface area (Å²) < 4.78 is 42.1. The van der Waals surface area contributed by atoms with Gasteiger partial charge in [0.25, 0.3) is 0 Å². The van der Waals surface area contributed by atoms with Crippen molar-refractivity contribution < 1.29 is 27.1 Å². The third-order valence-corrected chi connectivity index (χ3v) is 4.85. The molecule has 1 aromatic heterocycles. The van der Waals surface area contributed by atoms with E-state index in [0.717, 1.165) is 6.07 Å². The molecule has 1 heterocycles. The Hall–Kier alpha value is -2.75. The lowest BCUT2D eigenvalue weighted by atomic mass is 10.1. The van der Waals surface area contributed by atoms with E-state index >= 15 is 0 Å². The largest absolute Gasteiger partial charge is 0.481 e. The number of primary sulfonamides is 1. The summed E-state index contributed by atoms with van der Waals surface area (Å²) in [5, 5.41) is 14.0. The quantitative estimate of drug-likeness (QED) is 0.666. The molecule has 0 aliphatic heterocycles. The predicted molar refractivity (Wildman–Crippen MR) is 95.1 cm³/mol. The number of aromatic nitrogens is 1. The summed E-state index contributed by atoms with van der Waals surface area (Å²) in [5.74, 6) is -1.79. The van der Waals surface area contributed by atoms with Gasteiger partial charge in [0.15, 0.2) is 5.76 Å². The molecule has 27 heavy (non-hydrogen) atoms. The Balaban J connectivity index is 2.14. The molecule has 0 fully saturated rings. The summed E-state index contributed by atoms with van der Waals surface area (Å²) in [5.41, 5.74) is 0.966. The molecule has 3 rings (SSSR count). The average molecular weight is 411 g/mol. The second-order valence-electron chi connectivity index (χ2n) is 5.55. The van der Waals surface area contributed by atoms with Gasteiger partial charge in [-0.2, -0.15) is 0 Å². The lowest BCUT2D eigenvalue weighted by Gasteiger charge is -2.04. The Labute approximate surface area is 158 Å². The number of carboxylic acids is 1. The second-order valence-corrected chi connectivity index (χ2v) is 7.52. The Kier molecular flexibility index (Phi) is 5.01. The predicted octanol–water partition coefficient (Wildman–Crippen LogP) is 3.08. The van der Waals surface area contributed by atoms with Crippen LogP contribution >= 0.6 is 11.6 Å². The molecule has 0 spiro atoms. The minimum atomic E-state index is -3.87. The number of carbonyl (C=O) groups is 1. The van der Waals surface area contributed by atoms with Crippen molar-refractivity contribution in [3.8, 4) is 22.6 Å². The van der Waals surface area contributed by atoms with E-state index < -0.39 is 28.2 Å². The van der Waals surface area contributed by atoms with Crippen LogP contribution in [0.25, 0.3) is 22.6 Å². The zero-order chi connectivity index (χ0) is 19.8. The molecule has 0 amide bonds. The smallest absolute Gasteiger partial charge is 0.312 e. The van der Waals surface area contributed by atoms with Gasteiger partial charge in [0, 0.05) is 11.1 Å². The van der Waals surface area contributed by atoms with Crippen LogP contribution in [-0.4, -0.2) is 24.5 Å². The molecular weight excluding hydrogens is 399 g/mol. The van der Waals surface area contributed by atoms with Crippen LogP contribution in [0, 0.1) is 5.82 Å². The minimum Gasteiger partial charge on any atom is -0.481 e. The standard InChI is InChI=1S/C17H12ClFN2O5S/c18-12-6-3-10(7-13(12)19)17-16(21-14(26-17)8-15(22)23)9-1-4-11(5-2-9)27(20,24)25/h1-7H,8H2,(H,22,23)(H2,20,24,25). The lowest BCUT2D eigenvalue weighted by molar-refractivity contribution is -0.136. The first kappa shape index (κ1) is 19.0. The molecule has 0 atom stereocenters. The van der Waals surface area contributed by atoms with E-state index in [9.17, 15) is 17.6 Å². The van der Waals surface area contributed by atoms with Crippen LogP contribution in [0.5, 0.6) is 0 Å². The van der Waals surface area contributed by atoms with Crippen molar-refractivity contribution in [1.82, 2.24) is 4.98 Å². The number of aliphatic carboxylic acids is 1. The van der Waals surface area contributed by atoms with Crippen molar-refractivity contribution in [3.05, 3.63) is 59.2 Å². The fourth-order valence-corrected chi connectivity index (χ4v) is 3.03. The third kappa shape index (κ3) is 4.16. The van der Waals surface area contributed by atoms with Gasteiger partial charge in [0.1, 0.15) is 17.9 Å². The molecule has 3 aromatic rings. The van der Waals surface area contributed by atoms with Crippen LogP contribution < -0.4 is 5.14 Å². The second kappa shape index (κ2) is 7.10. The van der Waals surface area contributed by atoms with Crippen molar-refractivity contribution in [2.75, 3.05) is 0 Å². The molecular formula is C17H12ClFN2O5S. The van der Waals surface area contributed by atoms with Gasteiger partial charge in [0.05, 0.1) is 9.92 Å². The van der Waals surface area contributed by atoms with E-state index in [1.54, 1.807) is 0 Å². The highest BCUT2D eigenvalue weighted by Gasteiger charge is 2.20. The first-order valence-electron chi connectivity index (χ1n) is 7.45. The van der Waals surface area contributed by atoms with Crippen LogP contribution in [0.1, 0.15) is 5.89 Å². The van der Waals surface area contributed by atoms with Crippen molar-refractivity contribution >= 4 is 27.6 Å². The normalized spacial score (nSPS) is 11.5. The number of rotatable bonds is 5. The summed E-state index contributed by atoms with van der Waals surface area (Å²) in [6, 6.07) is 9.41. The van der Waals surface area contributed by atoms with Crippen LogP contribution in [0.3, 0.4) is 0 Å². The molecule has 2 aromatic carbocycles. The van der Waals surface area contributed by atoms with E-state index in [4.69, 9.17) is 26.3 Å².